The molecule has 0 aliphatic heterocycles. The molecule has 7 heteroatoms. The molecule has 1 N–H and O–H groups in total. The Hall–Kier alpha value is -3.48. The van der Waals surface area contributed by atoms with E-state index in [4.69, 9.17) is 0 Å². The standard InChI is InChI=1S/C21H23N5O2/c1-3-22-18(27)15-25(4-2)21(28)19-23-20(16-11-7-5-8-12-16)26(24-19)17-13-9-6-10-14-17/h5-14H,3-4,15H2,1-2H3,(H,22,27). The Labute approximate surface area is 164 Å². The summed E-state index contributed by atoms with van der Waals surface area (Å²) in [6.07, 6.45) is 0. The van der Waals surface area contributed by atoms with Crippen molar-refractivity contribution in [3.63, 3.8) is 0 Å². The minimum atomic E-state index is -0.374. The summed E-state index contributed by atoms with van der Waals surface area (Å²) in [7, 11) is 0. The fourth-order valence-electron chi connectivity index (χ4n) is 2.82. The summed E-state index contributed by atoms with van der Waals surface area (Å²) < 4.78 is 1.66. The molecule has 2 aromatic carbocycles. The first-order valence-corrected chi connectivity index (χ1v) is 9.28. The summed E-state index contributed by atoms with van der Waals surface area (Å²) in [6, 6.07) is 19.1. The number of likely N-dealkylation sites (N-methyl/N-ethyl adjacent to an activating group) is 2. The van der Waals surface area contributed by atoms with Crippen molar-refractivity contribution >= 4 is 11.8 Å². The molecule has 1 aromatic heterocycles. The summed E-state index contributed by atoms with van der Waals surface area (Å²) >= 11 is 0. The van der Waals surface area contributed by atoms with Crippen LogP contribution in [0.4, 0.5) is 0 Å². The third-order valence-electron chi connectivity index (χ3n) is 4.21. The van der Waals surface area contributed by atoms with E-state index in [2.05, 4.69) is 15.4 Å². The summed E-state index contributed by atoms with van der Waals surface area (Å²) in [5.41, 5.74) is 1.66. The first-order valence-electron chi connectivity index (χ1n) is 9.28. The van der Waals surface area contributed by atoms with Crippen LogP contribution in [0.1, 0.15) is 24.5 Å². The van der Waals surface area contributed by atoms with Gasteiger partial charge >= 0.3 is 0 Å². The molecular formula is C21H23N5O2. The molecule has 2 amide bonds. The van der Waals surface area contributed by atoms with E-state index >= 15 is 0 Å². The van der Waals surface area contributed by atoms with Crippen LogP contribution in [0.3, 0.4) is 0 Å². The van der Waals surface area contributed by atoms with Crippen molar-refractivity contribution in [2.75, 3.05) is 19.6 Å². The van der Waals surface area contributed by atoms with Crippen molar-refractivity contribution in [1.82, 2.24) is 25.0 Å². The molecule has 0 bridgehead atoms. The molecule has 0 aliphatic rings. The lowest BCUT2D eigenvalue weighted by Crippen LogP contribution is -2.41. The fourth-order valence-corrected chi connectivity index (χ4v) is 2.82. The van der Waals surface area contributed by atoms with Crippen LogP contribution in [0, 0.1) is 0 Å². The first kappa shape index (κ1) is 19.3. The zero-order chi connectivity index (χ0) is 19.9. The SMILES string of the molecule is CCNC(=O)CN(CC)C(=O)c1nc(-c2ccccc2)n(-c2ccccc2)n1. The summed E-state index contributed by atoms with van der Waals surface area (Å²) in [5.74, 6) is 0.0576. The van der Waals surface area contributed by atoms with Gasteiger partial charge in [0, 0.05) is 18.7 Å². The zero-order valence-electron chi connectivity index (χ0n) is 16.0. The van der Waals surface area contributed by atoms with Crippen LogP contribution in [0.2, 0.25) is 0 Å². The molecule has 0 fully saturated rings. The van der Waals surface area contributed by atoms with E-state index in [0.717, 1.165) is 11.3 Å². The van der Waals surface area contributed by atoms with Crippen molar-refractivity contribution in [3.05, 3.63) is 66.5 Å². The predicted octanol–water partition coefficient (Wildman–Crippen LogP) is 2.53. The van der Waals surface area contributed by atoms with Crippen LogP contribution in [-0.4, -0.2) is 51.1 Å². The average Bonchev–Trinajstić information content (AvgIpc) is 3.18. The lowest BCUT2D eigenvalue weighted by atomic mass is 10.2. The molecular weight excluding hydrogens is 354 g/mol. The largest absolute Gasteiger partial charge is 0.355 e. The third-order valence-corrected chi connectivity index (χ3v) is 4.21. The number of hydrogen-bond donors (Lipinski definition) is 1. The van der Waals surface area contributed by atoms with Crippen molar-refractivity contribution < 1.29 is 9.59 Å². The van der Waals surface area contributed by atoms with Gasteiger partial charge in [-0.3, -0.25) is 9.59 Å². The lowest BCUT2D eigenvalue weighted by molar-refractivity contribution is -0.121. The van der Waals surface area contributed by atoms with Gasteiger partial charge in [-0.1, -0.05) is 48.5 Å². The number of amides is 2. The first-order chi connectivity index (χ1) is 13.6. The van der Waals surface area contributed by atoms with Gasteiger partial charge in [0.15, 0.2) is 5.82 Å². The number of benzene rings is 2. The van der Waals surface area contributed by atoms with Crippen molar-refractivity contribution in [1.29, 1.82) is 0 Å². The molecule has 0 aliphatic carbocycles. The van der Waals surface area contributed by atoms with Crippen molar-refractivity contribution in [3.8, 4) is 17.1 Å². The van der Waals surface area contributed by atoms with Gasteiger partial charge in [-0.25, -0.2) is 9.67 Å². The Balaban J connectivity index is 1.99. The van der Waals surface area contributed by atoms with Gasteiger partial charge in [-0.15, -0.1) is 5.10 Å². The maximum absolute atomic E-state index is 13.0. The highest BCUT2D eigenvalue weighted by Crippen LogP contribution is 2.21. The number of rotatable bonds is 7. The molecule has 0 radical (unpaired) electrons. The second-order valence-electron chi connectivity index (χ2n) is 6.15. The van der Waals surface area contributed by atoms with E-state index in [1.54, 1.807) is 4.68 Å². The maximum atomic E-state index is 13.0. The smallest absolute Gasteiger partial charge is 0.294 e. The Morgan fingerprint density at radius 1 is 1.00 bits per heavy atom. The minimum Gasteiger partial charge on any atom is -0.355 e. The molecule has 0 saturated heterocycles. The van der Waals surface area contributed by atoms with Crippen LogP contribution in [0.25, 0.3) is 17.1 Å². The van der Waals surface area contributed by atoms with Crippen LogP contribution in [0.15, 0.2) is 60.7 Å². The molecule has 3 aromatic rings. The van der Waals surface area contributed by atoms with Gasteiger partial charge < -0.3 is 10.2 Å². The lowest BCUT2D eigenvalue weighted by Gasteiger charge is -2.18. The monoisotopic (exact) mass is 377 g/mol. The quantitative estimate of drug-likeness (QED) is 0.686. The molecule has 3 rings (SSSR count). The normalized spacial score (nSPS) is 10.5. The van der Waals surface area contributed by atoms with Crippen LogP contribution in [0.5, 0.6) is 0 Å². The van der Waals surface area contributed by atoms with Crippen LogP contribution in [-0.2, 0) is 4.79 Å². The number of nitrogens with zero attached hydrogens (tertiary/aromatic N) is 4. The molecule has 0 spiro atoms. The topological polar surface area (TPSA) is 80.1 Å². The highest BCUT2D eigenvalue weighted by Gasteiger charge is 2.24. The highest BCUT2D eigenvalue weighted by molar-refractivity contribution is 5.94. The van der Waals surface area contributed by atoms with Gasteiger partial charge in [0.1, 0.15) is 0 Å². The summed E-state index contributed by atoms with van der Waals surface area (Å²) in [6.45, 7) is 4.54. The Morgan fingerprint density at radius 2 is 1.64 bits per heavy atom. The molecule has 144 valence electrons. The van der Waals surface area contributed by atoms with Crippen molar-refractivity contribution in [2.24, 2.45) is 0 Å². The van der Waals surface area contributed by atoms with E-state index in [9.17, 15) is 9.59 Å². The number of para-hydroxylation sites is 1. The van der Waals surface area contributed by atoms with E-state index in [0.29, 0.717) is 18.9 Å². The van der Waals surface area contributed by atoms with E-state index in [-0.39, 0.29) is 24.2 Å². The fraction of sp³-hybridized carbons (Fsp3) is 0.238. The van der Waals surface area contributed by atoms with Gasteiger partial charge in [-0.05, 0) is 26.0 Å². The summed E-state index contributed by atoms with van der Waals surface area (Å²) in [5, 5.41) is 7.17. The maximum Gasteiger partial charge on any atom is 0.294 e. The number of hydrogen-bond acceptors (Lipinski definition) is 4. The average molecular weight is 377 g/mol. The number of nitrogens with one attached hydrogen (secondary N) is 1. The number of aromatic nitrogens is 3. The van der Waals surface area contributed by atoms with Gasteiger partial charge in [0.05, 0.1) is 12.2 Å². The van der Waals surface area contributed by atoms with Crippen molar-refractivity contribution in [2.45, 2.75) is 13.8 Å². The predicted molar refractivity (Wildman–Crippen MR) is 107 cm³/mol. The number of carbonyl (C=O) groups excluding carboxylic acids is 2. The molecule has 0 unspecified atom stereocenters. The van der Waals surface area contributed by atoms with Crippen LogP contribution >= 0.6 is 0 Å². The Morgan fingerprint density at radius 3 is 2.25 bits per heavy atom. The molecule has 0 saturated carbocycles. The Bertz CT molecular complexity index is 881. The minimum absolute atomic E-state index is 0.0241. The van der Waals surface area contributed by atoms with Gasteiger partial charge in [-0.2, -0.15) is 0 Å². The van der Waals surface area contributed by atoms with Crippen LogP contribution < -0.4 is 5.32 Å². The second-order valence-corrected chi connectivity index (χ2v) is 6.15. The Kier molecular flexibility index (Phi) is 6.16. The number of carbonyl (C=O) groups is 2. The van der Waals surface area contributed by atoms with Gasteiger partial charge in [0.2, 0.25) is 11.7 Å². The highest BCUT2D eigenvalue weighted by atomic mass is 16.2. The van der Waals surface area contributed by atoms with E-state index in [1.165, 1.54) is 4.90 Å². The van der Waals surface area contributed by atoms with Gasteiger partial charge in [0.25, 0.3) is 5.91 Å². The molecule has 1 heterocycles. The molecule has 7 nitrogen and oxygen atoms in total. The zero-order valence-corrected chi connectivity index (χ0v) is 16.0. The molecule has 28 heavy (non-hydrogen) atoms. The van der Waals surface area contributed by atoms with E-state index < -0.39 is 0 Å². The third kappa shape index (κ3) is 4.25. The second kappa shape index (κ2) is 8.94. The molecule has 0 atom stereocenters. The van der Waals surface area contributed by atoms with E-state index in [1.807, 2.05) is 74.5 Å². The summed E-state index contributed by atoms with van der Waals surface area (Å²) in [4.78, 5) is 30.8.